The normalized spacial score (nSPS) is 20.8. The molecule has 0 radical (unpaired) electrons. The van der Waals surface area contributed by atoms with Crippen molar-refractivity contribution in [2.75, 3.05) is 57.8 Å². The highest BCUT2D eigenvalue weighted by Crippen LogP contribution is 2.34. The van der Waals surface area contributed by atoms with Crippen LogP contribution in [0.15, 0.2) is 42.1 Å². The first kappa shape index (κ1) is 17.9. The maximum atomic E-state index is 9.51. The summed E-state index contributed by atoms with van der Waals surface area (Å²) in [5.41, 5.74) is 7.63. The SMILES string of the molecule is CN1CCN(c2ccc(-c3nccc4c3C=C(CN3CC(O)C3)C4)cc2)CC1. The molecule has 5 nitrogen and oxygen atoms in total. The second kappa shape index (κ2) is 7.32. The van der Waals surface area contributed by atoms with Crippen LogP contribution >= 0.6 is 0 Å². The van der Waals surface area contributed by atoms with Crippen LogP contribution in [-0.4, -0.2) is 78.9 Å². The van der Waals surface area contributed by atoms with Gasteiger partial charge >= 0.3 is 0 Å². The highest BCUT2D eigenvalue weighted by atomic mass is 16.3. The van der Waals surface area contributed by atoms with E-state index >= 15 is 0 Å². The van der Waals surface area contributed by atoms with Gasteiger partial charge < -0.3 is 14.9 Å². The van der Waals surface area contributed by atoms with E-state index in [2.05, 4.69) is 58.2 Å². The Morgan fingerprint density at radius 1 is 1.04 bits per heavy atom. The monoisotopic (exact) mass is 376 g/mol. The van der Waals surface area contributed by atoms with Crippen molar-refractivity contribution in [1.29, 1.82) is 0 Å². The summed E-state index contributed by atoms with van der Waals surface area (Å²) in [6.07, 6.45) is 5.11. The predicted octanol–water partition coefficient (Wildman–Crippen LogP) is 2.12. The Hall–Kier alpha value is -2.21. The largest absolute Gasteiger partial charge is 0.390 e. The molecule has 5 heteroatoms. The van der Waals surface area contributed by atoms with Crippen LogP contribution in [0.2, 0.25) is 0 Å². The van der Waals surface area contributed by atoms with E-state index in [1.165, 1.54) is 28.0 Å². The van der Waals surface area contributed by atoms with Gasteiger partial charge in [0.1, 0.15) is 0 Å². The number of aliphatic hydroxyl groups excluding tert-OH is 1. The van der Waals surface area contributed by atoms with Crippen molar-refractivity contribution in [1.82, 2.24) is 14.8 Å². The van der Waals surface area contributed by atoms with Crippen LogP contribution in [0, 0.1) is 0 Å². The van der Waals surface area contributed by atoms with E-state index in [0.717, 1.165) is 57.9 Å². The van der Waals surface area contributed by atoms with Crippen LogP contribution in [0.4, 0.5) is 5.69 Å². The molecule has 3 aliphatic rings. The minimum absolute atomic E-state index is 0.138. The lowest BCUT2D eigenvalue weighted by Crippen LogP contribution is -2.51. The van der Waals surface area contributed by atoms with Crippen LogP contribution in [-0.2, 0) is 6.42 Å². The Balaban J connectivity index is 1.35. The third kappa shape index (κ3) is 3.46. The summed E-state index contributed by atoms with van der Waals surface area (Å²) in [6, 6.07) is 11.1. The van der Waals surface area contributed by atoms with Crippen molar-refractivity contribution >= 4 is 11.8 Å². The van der Waals surface area contributed by atoms with Crippen LogP contribution < -0.4 is 4.90 Å². The first-order valence-electron chi connectivity index (χ1n) is 10.3. The van der Waals surface area contributed by atoms with Gasteiger partial charge in [-0.25, -0.2) is 0 Å². The number of nitrogens with zero attached hydrogens (tertiary/aromatic N) is 4. The average molecular weight is 377 g/mol. The third-order valence-corrected chi connectivity index (χ3v) is 6.22. The number of aromatic nitrogens is 1. The van der Waals surface area contributed by atoms with Gasteiger partial charge in [0.05, 0.1) is 11.8 Å². The van der Waals surface area contributed by atoms with Crippen molar-refractivity contribution in [2.45, 2.75) is 12.5 Å². The molecule has 3 heterocycles. The van der Waals surface area contributed by atoms with Gasteiger partial charge in [-0.05, 0) is 37.2 Å². The molecule has 2 saturated heterocycles. The van der Waals surface area contributed by atoms with Gasteiger partial charge in [-0.2, -0.15) is 0 Å². The number of likely N-dealkylation sites (N-methyl/N-ethyl adjacent to an activating group) is 1. The molecule has 1 aromatic heterocycles. The molecule has 28 heavy (non-hydrogen) atoms. The number of hydrogen-bond acceptors (Lipinski definition) is 5. The van der Waals surface area contributed by atoms with Gasteiger partial charge in [-0.3, -0.25) is 9.88 Å². The molecule has 146 valence electrons. The molecule has 0 unspecified atom stereocenters. The van der Waals surface area contributed by atoms with Gasteiger partial charge in [-0.1, -0.05) is 23.8 Å². The number of fused-ring (bicyclic) bond motifs is 1. The number of aliphatic hydroxyl groups is 1. The van der Waals surface area contributed by atoms with E-state index in [4.69, 9.17) is 4.98 Å². The van der Waals surface area contributed by atoms with E-state index in [1.807, 2.05) is 6.20 Å². The standard InChI is InChI=1S/C23H28N4O/c1-25-8-10-27(11-9-25)20-4-2-18(3-5-20)23-22-13-17(12-19(22)6-7-24-23)14-26-15-21(28)16-26/h2-7,13,21,28H,8-12,14-16H2,1H3. The highest BCUT2D eigenvalue weighted by molar-refractivity contribution is 5.78. The Bertz CT molecular complexity index is 878. The maximum absolute atomic E-state index is 9.51. The number of piperazine rings is 1. The molecule has 0 spiro atoms. The Kier molecular flexibility index (Phi) is 4.67. The van der Waals surface area contributed by atoms with Crippen LogP contribution in [0.5, 0.6) is 0 Å². The minimum atomic E-state index is -0.138. The molecule has 1 aliphatic carbocycles. The van der Waals surface area contributed by atoms with Crippen LogP contribution in [0.25, 0.3) is 17.3 Å². The summed E-state index contributed by atoms with van der Waals surface area (Å²) in [6.45, 7) is 6.97. The summed E-state index contributed by atoms with van der Waals surface area (Å²) in [7, 11) is 2.19. The number of rotatable bonds is 4. The second-order valence-electron chi connectivity index (χ2n) is 8.40. The highest BCUT2D eigenvalue weighted by Gasteiger charge is 2.26. The summed E-state index contributed by atoms with van der Waals surface area (Å²) in [4.78, 5) is 11.9. The average Bonchev–Trinajstić information content (AvgIpc) is 3.10. The molecule has 0 bridgehead atoms. The fraction of sp³-hybridized carbons (Fsp3) is 0.435. The van der Waals surface area contributed by atoms with Gasteiger partial charge in [0.2, 0.25) is 0 Å². The van der Waals surface area contributed by atoms with Crippen LogP contribution in [0.3, 0.4) is 0 Å². The molecule has 2 fully saturated rings. The minimum Gasteiger partial charge on any atom is -0.390 e. The van der Waals surface area contributed by atoms with Crippen molar-refractivity contribution in [2.24, 2.45) is 0 Å². The number of pyridine rings is 1. The molecule has 0 atom stereocenters. The van der Waals surface area contributed by atoms with E-state index in [0.29, 0.717) is 0 Å². The quantitative estimate of drug-likeness (QED) is 0.885. The predicted molar refractivity (Wildman–Crippen MR) is 114 cm³/mol. The molecule has 2 aliphatic heterocycles. The number of anilines is 1. The van der Waals surface area contributed by atoms with E-state index in [9.17, 15) is 5.11 Å². The fourth-order valence-electron chi connectivity index (χ4n) is 4.51. The lowest BCUT2D eigenvalue weighted by atomic mass is 10.0. The number of likely N-dealkylation sites (tertiary alicyclic amines) is 1. The number of benzene rings is 1. The number of hydrogen-bond donors (Lipinski definition) is 1. The summed E-state index contributed by atoms with van der Waals surface area (Å²) in [5.74, 6) is 0. The van der Waals surface area contributed by atoms with Crippen molar-refractivity contribution in [3.05, 3.63) is 53.2 Å². The Morgan fingerprint density at radius 3 is 2.50 bits per heavy atom. The topological polar surface area (TPSA) is 42.8 Å². The first-order valence-corrected chi connectivity index (χ1v) is 10.3. The zero-order chi connectivity index (χ0) is 19.1. The zero-order valence-corrected chi connectivity index (χ0v) is 16.5. The van der Waals surface area contributed by atoms with E-state index < -0.39 is 0 Å². The summed E-state index contributed by atoms with van der Waals surface area (Å²) >= 11 is 0. The summed E-state index contributed by atoms with van der Waals surface area (Å²) in [5, 5.41) is 9.51. The lowest BCUT2D eigenvalue weighted by Gasteiger charge is -2.36. The van der Waals surface area contributed by atoms with Crippen molar-refractivity contribution in [3.63, 3.8) is 0 Å². The lowest BCUT2D eigenvalue weighted by molar-refractivity contribution is 0.00820. The van der Waals surface area contributed by atoms with Crippen molar-refractivity contribution in [3.8, 4) is 11.3 Å². The number of β-amino-alcohol motifs (C(OH)–C–C–N with tert-alkyl or cyclic N) is 1. The molecular formula is C23H28N4O. The van der Waals surface area contributed by atoms with Gasteiger partial charge in [0.25, 0.3) is 0 Å². The maximum Gasteiger partial charge on any atom is 0.0794 e. The van der Waals surface area contributed by atoms with Crippen molar-refractivity contribution < 1.29 is 5.11 Å². The van der Waals surface area contributed by atoms with E-state index in [-0.39, 0.29) is 6.10 Å². The molecule has 1 aromatic carbocycles. The van der Waals surface area contributed by atoms with Gasteiger partial charge in [-0.15, -0.1) is 0 Å². The Morgan fingerprint density at radius 2 is 1.79 bits per heavy atom. The van der Waals surface area contributed by atoms with Gasteiger partial charge in [0.15, 0.2) is 0 Å². The fourth-order valence-corrected chi connectivity index (χ4v) is 4.51. The Labute approximate surface area is 166 Å². The molecular weight excluding hydrogens is 348 g/mol. The third-order valence-electron chi connectivity index (χ3n) is 6.22. The zero-order valence-electron chi connectivity index (χ0n) is 16.5. The van der Waals surface area contributed by atoms with Gasteiger partial charge in [0, 0.05) is 68.8 Å². The second-order valence-corrected chi connectivity index (χ2v) is 8.40. The van der Waals surface area contributed by atoms with E-state index in [1.54, 1.807) is 0 Å². The molecule has 2 aromatic rings. The molecule has 0 saturated carbocycles. The molecule has 1 N–H and O–H groups in total. The smallest absolute Gasteiger partial charge is 0.0794 e. The molecule has 5 rings (SSSR count). The van der Waals surface area contributed by atoms with Crippen LogP contribution in [0.1, 0.15) is 11.1 Å². The molecule has 0 amide bonds. The first-order chi connectivity index (χ1) is 13.7. The summed E-state index contributed by atoms with van der Waals surface area (Å²) < 4.78 is 0.